The standard InChI is InChI=1S/C24H28N4O2S/c29-24(25-14-8-16-31-21-12-5-2-6-13-21)20-11-7-15-28(17-20)18-22-26-23(27-30-22)19-9-3-1-4-10-19/h1-6,9-10,12-13,20H,7-8,11,14-18H2,(H,25,29). The van der Waals surface area contributed by atoms with Crippen molar-refractivity contribution in [2.45, 2.75) is 30.7 Å². The molecule has 162 valence electrons. The molecule has 7 heteroatoms. The Morgan fingerprint density at radius 1 is 1.13 bits per heavy atom. The van der Waals surface area contributed by atoms with Gasteiger partial charge in [0.1, 0.15) is 0 Å². The van der Waals surface area contributed by atoms with Gasteiger partial charge in [-0.15, -0.1) is 11.8 Å². The van der Waals surface area contributed by atoms with E-state index < -0.39 is 0 Å². The van der Waals surface area contributed by atoms with Crippen LogP contribution in [0.15, 0.2) is 70.1 Å². The molecule has 31 heavy (non-hydrogen) atoms. The lowest BCUT2D eigenvalue weighted by Gasteiger charge is -2.30. The van der Waals surface area contributed by atoms with Gasteiger partial charge in [-0.1, -0.05) is 53.7 Å². The van der Waals surface area contributed by atoms with Crippen LogP contribution in [-0.2, 0) is 11.3 Å². The largest absolute Gasteiger partial charge is 0.356 e. The number of carbonyl (C=O) groups excluding carboxylic acids is 1. The molecular weight excluding hydrogens is 408 g/mol. The number of carbonyl (C=O) groups is 1. The number of benzene rings is 2. The predicted octanol–water partition coefficient (Wildman–Crippen LogP) is 4.25. The van der Waals surface area contributed by atoms with Gasteiger partial charge in [0.25, 0.3) is 0 Å². The highest BCUT2D eigenvalue weighted by molar-refractivity contribution is 7.99. The summed E-state index contributed by atoms with van der Waals surface area (Å²) in [6.45, 7) is 2.98. The molecule has 1 aromatic heterocycles. The van der Waals surface area contributed by atoms with E-state index in [2.05, 4.69) is 44.6 Å². The lowest BCUT2D eigenvalue weighted by Crippen LogP contribution is -2.43. The molecule has 2 heterocycles. The van der Waals surface area contributed by atoms with Gasteiger partial charge in [-0.3, -0.25) is 9.69 Å². The molecule has 1 aliphatic rings. The topological polar surface area (TPSA) is 71.3 Å². The number of nitrogens with zero attached hydrogens (tertiary/aromatic N) is 3. The molecule has 3 aromatic rings. The van der Waals surface area contributed by atoms with Gasteiger partial charge >= 0.3 is 0 Å². The number of hydrogen-bond donors (Lipinski definition) is 1. The van der Waals surface area contributed by atoms with Crippen molar-refractivity contribution in [1.29, 1.82) is 0 Å². The van der Waals surface area contributed by atoms with E-state index in [0.717, 1.165) is 50.2 Å². The first-order valence-corrected chi connectivity index (χ1v) is 11.8. The highest BCUT2D eigenvalue weighted by Gasteiger charge is 2.26. The van der Waals surface area contributed by atoms with Crippen molar-refractivity contribution in [2.75, 3.05) is 25.4 Å². The third-order valence-corrected chi connectivity index (χ3v) is 6.47. The molecule has 0 bridgehead atoms. The Balaban J connectivity index is 1.19. The second kappa shape index (κ2) is 11.1. The highest BCUT2D eigenvalue weighted by atomic mass is 32.2. The summed E-state index contributed by atoms with van der Waals surface area (Å²) in [5.74, 6) is 2.38. The first kappa shape index (κ1) is 21.6. The SMILES string of the molecule is O=C(NCCCSc1ccccc1)C1CCCN(Cc2nc(-c3ccccc3)no2)C1. The van der Waals surface area contributed by atoms with Crippen LogP contribution in [0.3, 0.4) is 0 Å². The molecule has 0 saturated carbocycles. The van der Waals surface area contributed by atoms with E-state index in [1.54, 1.807) is 0 Å². The normalized spacial score (nSPS) is 16.8. The fraction of sp³-hybridized carbons (Fsp3) is 0.375. The van der Waals surface area contributed by atoms with E-state index in [0.29, 0.717) is 18.3 Å². The van der Waals surface area contributed by atoms with Crippen molar-refractivity contribution in [1.82, 2.24) is 20.4 Å². The monoisotopic (exact) mass is 436 g/mol. The molecule has 1 fully saturated rings. The van der Waals surface area contributed by atoms with Gasteiger partial charge in [0, 0.05) is 23.5 Å². The van der Waals surface area contributed by atoms with E-state index in [1.807, 2.05) is 48.2 Å². The maximum Gasteiger partial charge on any atom is 0.241 e. The summed E-state index contributed by atoms with van der Waals surface area (Å²) in [7, 11) is 0. The van der Waals surface area contributed by atoms with Crippen molar-refractivity contribution in [3.8, 4) is 11.4 Å². The van der Waals surface area contributed by atoms with Crippen LogP contribution < -0.4 is 5.32 Å². The zero-order valence-electron chi connectivity index (χ0n) is 17.6. The third kappa shape index (κ3) is 6.42. The van der Waals surface area contributed by atoms with Crippen LogP contribution in [0, 0.1) is 5.92 Å². The predicted molar refractivity (Wildman–Crippen MR) is 123 cm³/mol. The summed E-state index contributed by atoms with van der Waals surface area (Å²) in [4.78, 5) is 20.6. The van der Waals surface area contributed by atoms with Crippen LogP contribution >= 0.6 is 11.8 Å². The molecule has 4 rings (SSSR count). The highest BCUT2D eigenvalue weighted by Crippen LogP contribution is 2.21. The second-order valence-corrected chi connectivity index (χ2v) is 8.93. The molecule has 1 N–H and O–H groups in total. The van der Waals surface area contributed by atoms with E-state index >= 15 is 0 Å². The summed E-state index contributed by atoms with van der Waals surface area (Å²) in [5.41, 5.74) is 0.943. The summed E-state index contributed by atoms with van der Waals surface area (Å²) in [5, 5.41) is 7.21. The Bertz CT molecular complexity index is 948. The van der Waals surface area contributed by atoms with Crippen molar-refractivity contribution >= 4 is 17.7 Å². The number of likely N-dealkylation sites (tertiary alicyclic amines) is 1. The number of amides is 1. The number of rotatable bonds is 9. The quantitative estimate of drug-likeness (QED) is 0.399. The van der Waals surface area contributed by atoms with Gasteiger partial charge in [-0.05, 0) is 43.7 Å². The Hall–Kier alpha value is -2.64. The maximum atomic E-state index is 12.6. The molecule has 1 aliphatic heterocycles. The summed E-state index contributed by atoms with van der Waals surface area (Å²) < 4.78 is 5.44. The molecule has 1 saturated heterocycles. The van der Waals surface area contributed by atoms with Crippen LogP contribution in [0.2, 0.25) is 0 Å². The van der Waals surface area contributed by atoms with E-state index in [-0.39, 0.29) is 11.8 Å². The average molecular weight is 437 g/mol. The van der Waals surface area contributed by atoms with Crippen LogP contribution in [0.5, 0.6) is 0 Å². The van der Waals surface area contributed by atoms with Gasteiger partial charge in [-0.25, -0.2) is 0 Å². The minimum Gasteiger partial charge on any atom is -0.356 e. The fourth-order valence-corrected chi connectivity index (χ4v) is 4.64. The van der Waals surface area contributed by atoms with Crippen molar-refractivity contribution in [2.24, 2.45) is 5.92 Å². The summed E-state index contributed by atoms with van der Waals surface area (Å²) in [6, 6.07) is 20.2. The van der Waals surface area contributed by atoms with Crippen LogP contribution in [0.25, 0.3) is 11.4 Å². The molecule has 1 amide bonds. The van der Waals surface area contributed by atoms with Gasteiger partial charge < -0.3 is 9.84 Å². The van der Waals surface area contributed by atoms with Crippen LogP contribution in [0.4, 0.5) is 0 Å². The Morgan fingerprint density at radius 2 is 1.90 bits per heavy atom. The smallest absolute Gasteiger partial charge is 0.241 e. The molecule has 0 aliphatic carbocycles. The van der Waals surface area contributed by atoms with Gasteiger partial charge in [0.2, 0.25) is 17.6 Å². The zero-order chi connectivity index (χ0) is 21.3. The van der Waals surface area contributed by atoms with Gasteiger partial charge in [0.15, 0.2) is 0 Å². The minimum absolute atomic E-state index is 0.0204. The number of hydrogen-bond acceptors (Lipinski definition) is 6. The fourth-order valence-electron chi connectivity index (χ4n) is 3.76. The first-order valence-electron chi connectivity index (χ1n) is 10.8. The molecular formula is C24H28N4O2S. The third-order valence-electron chi connectivity index (χ3n) is 5.37. The molecule has 1 atom stereocenters. The number of aromatic nitrogens is 2. The number of thioether (sulfide) groups is 1. The molecule has 6 nitrogen and oxygen atoms in total. The Morgan fingerprint density at radius 3 is 2.71 bits per heavy atom. The van der Waals surface area contributed by atoms with Crippen LogP contribution in [0.1, 0.15) is 25.2 Å². The molecule has 1 unspecified atom stereocenters. The molecule has 2 aromatic carbocycles. The zero-order valence-corrected chi connectivity index (χ0v) is 18.4. The second-order valence-electron chi connectivity index (χ2n) is 7.76. The van der Waals surface area contributed by atoms with Crippen molar-refractivity contribution in [3.05, 3.63) is 66.6 Å². The van der Waals surface area contributed by atoms with E-state index in [9.17, 15) is 4.79 Å². The number of piperidine rings is 1. The van der Waals surface area contributed by atoms with Gasteiger partial charge in [-0.2, -0.15) is 4.98 Å². The summed E-state index contributed by atoms with van der Waals surface area (Å²) in [6.07, 6.45) is 2.90. The van der Waals surface area contributed by atoms with Crippen molar-refractivity contribution < 1.29 is 9.32 Å². The minimum atomic E-state index is 0.0204. The lowest BCUT2D eigenvalue weighted by molar-refractivity contribution is -0.126. The van der Waals surface area contributed by atoms with E-state index in [4.69, 9.17) is 4.52 Å². The van der Waals surface area contributed by atoms with E-state index in [1.165, 1.54) is 4.90 Å². The van der Waals surface area contributed by atoms with Crippen molar-refractivity contribution in [3.63, 3.8) is 0 Å². The molecule has 0 radical (unpaired) electrons. The lowest BCUT2D eigenvalue weighted by atomic mass is 9.97. The Labute approximate surface area is 187 Å². The molecule has 0 spiro atoms. The first-order chi connectivity index (χ1) is 15.3. The number of nitrogens with one attached hydrogen (secondary N) is 1. The summed E-state index contributed by atoms with van der Waals surface area (Å²) >= 11 is 1.83. The van der Waals surface area contributed by atoms with Gasteiger partial charge in [0.05, 0.1) is 12.5 Å². The van der Waals surface area contributed by atoms with Crippen LogP contribution in [-0.4, -0.2) is 46.3 Å². The maximum absolute atomic E-state index is 12.6. The average Bonchev–Trinajstić information content (AvgIpc) is 3.29. The Kier molecular flexibility index (Phi) is 7.74.